The van der Waals surface area contributed by atoms with Gasteiger partial charge in [0.25, 0.3) is 5.91 Å². The topological polar surface area (TPSA) is 67.9 Å². The van der Waals surface area contributed by atoms with Crippen molar-refractivity contribution >= 4 is 17.5 Å². The van der Waals surface area contributed by atoms with Gasteiger partial charge in [0.15, 0.2) is 0 Å². The number of carbonyl (C=O) groups is 2. The number of hydrogen-bond donors (Lipinski definition) is 1. The highest BCUT2D eigenvalue weighted by Crippen LogP contribution is 2.17. The molecule has 32 heavy (non-hydrogen) atoms. The van der Waals surface area contributed by atoms with E-state index in [1.807, 2.05) is 54.6 Å². The van der Waals surface area contributed by atoms with Crippen LogP contribution in [-0.2, 0) is 11.2 Å². The number of hydrogen-bond acceptors (Lipinski definition) is 4. The Morgan fingerprint density at radius 3 is 2.12 bits per heavy atom. The van der Waals surface area contributed by atoms with Crippen LogP contribution in [0.3, 0.4) is 0 Å². The lowest BCUT2D eigenvalue weighted by Gasteiger charge is -2.11. The zero-order valence-electron chi connectivity index (χ0n) is 18.4. The fraction of sp³-hybridized carbons (Fsp3) is 0.231. The molecule has 0 aliphatic carbocycles. The summed E-state index contributed by atoms with van der Waals surface area (Å²) in [6, 6.07) is 24.1. The van der Waals surface area contributed by atoms with Gasteiger partial charge in [-0.2, -0.15) is 0 Å². The molecule has 0 bridgehead atoms. The van der Waals surface area contributed by atoms with Crippen LogP contribution in [0.15, 0.2) is 78.9 Å². The monoisotopic (exact) mass is 432 g/mol. The molecule has 6 nitrogen and oxygen atoms in total. The first-order valence-electron chi connectivity index (χ1n) is 10.5. The van der Waals surface area contributed by atoms with Gasteiger partial charge in [0.1, 0.15) is 24.7 Å². The number of para-hydroxylation sites is 1. The summed E-state index contributed by atoms with van der Waals surface area (Å²) < 4.78 is 11.3. The van der Waals surface area contributed by atoms with E-state index in [0.29, 0.717) is 43.1 Å². The Morgan fingerprint density at radius 2 is 1.47 bits per heavy atom. The fourth-order valence-corrected chi connectivity index (χ4v) is 3.02. The lowest BCUT2D eigenvalue weighted by Crippen LogP contribution is -2.21. The second kappa shape index (κ2) is 11.6. The summed E-state index contributed by atoms with van der Waals surface area (Å²) in [5.74, 6) is 1.35. The number of benzene rings is 3. The largest absolute Gasteiger partial charge is 0.490 e. The van der Waals surface area contributed by atoms with Crippen molar-refractivity contribution in [2.45, 2.75) is 12.8 Å². The van der Waals surface area contributed by atoms with Gasteiger partial charge >= 0.3 is 0 Å². The van der Waals surface area contributed by atoms with Crippen molar-refractivity contribution in [3.05, 3.63) is 90.0 Å². The van der Waals surface area contributed by atoms with E-state index in [0.717, 1.165) is 11.3 Å². The molecule has 0 radical (unpaired) electrons. The van der Waals surface area contributed by atoms with Crippen molar-refractivity contribution in [1.82, 2.24) is 4.90 Å². The van der Waals surface area contributed by atoms with Crippen LogP contribution in [-0.4, -0.2) is 44.0 Å². The summed E-state index contributed by atoms with van der Waals surface area (Å²) in [5.41, 5.74) is 2.23. The van der Waals surface area contributed by atoms with Gasteiger partial charge in [0.2, 0.25) is 5.91 Å². The lowest BCUT2D eigenvalue weighted by molar-refractivity contribution is -0.128. The number of aryl methyl sites for hydroxylation is 1. The Kier molecular flexibility index (Phi) is 8.26. The third-order valence-corrected chi connectivity index (χ3v) is 4.79. The highest BCUT2D eigenvalue weighted by atomic mass is 16.5. The minimum Gasteiger partial charge on any atom is -0.490 e. The maximum atomic E-state index is 12.6. The Labute approximate surface area is 188 Å². The zero-order valence-corrected chi connectivity index (χ0v) is 18.4. The zero-order chi connectivity index (χ0) is 22.8. The summed E-state index contributed by atoms with van der Waals surface area (Å²) in [6.45, 7) is 0.840. The summed E-state index contributed by atoms with van der Waals surface area (Å²) >= 11 is 0. The van der Waals surface area contributed by atoms with Gasteiger partial charge in [-0.25, -0.2) is 0 Å². The molecule has 3 rings (SSSR count). The first kappa shape index (κ1) is 22.9. The number of nitrogens with zero attached hydrogens (tertiary/aromatic N) is 1. The van der Waals surface area contributed by atoms with Crippen molar-refractivity contribution < 1.29 is 19.1 Å². The Balaban J connectivity index is 1.47. The maximum Gasteiger partial charge on any atom is 0.255 e. The van der Waals surface area contributed by atoms with Crippen molar-refractivity contribution in [2.24, 2.45) is 0 Å². The Bertz CT molecular complexity index is 1020. The molecule has 0 unspecified atom stereocenters. The molecule has 1 N–H and O–H groups in total. The average molecular weight is 433 g/mol. The third-order valence-electron chi connectivity index (χ3n) is 4.79. The van der Waals surface area contributed by atoms with E-state index < -0.39 is 0 Å². The molecule has 0 saturated carbocycles. The minimum atomic E-state index is -0.203. The van der Waals surface area contributed by atoms with Crippen molar-refractivity contribution in [3.63, 3.8) is 0 Å². The Morgan fingerprint density at radius 1 is 0.812 bits per heavy atom. The molecular weight excluding hydrogens is 404 g/mol. The molecule has 0 aromatic heterocycles. The van der Waals surface area contributed by atoms with Crippen LogP contribution in [0.1, 0.15) is 22.3 Å². The van der Waals surface area contributed by atoms with Gasteiger partial charge in [0.05, 0.1) is 0 Å². The van der Waals surface area contributed by atoms with Crippen LogP contribution in [0.4, 0.5) is 5.69 Å². The number of carbonyl (C=O) groups excluding carboxylic acids is 2. The normalized spacial score (nSPS) is 10.3. The predicted molar refractivity (Wildman–Crippen MR) is 125 cm³/mol. The van der Waals surface area contributed by atoms with Gasteiger partial charge in [-0.15, -0.1) is 0 Å². The van der Waals surface area contributed by atoms with E-state index in [-0.39, 0.29) is 11.8 Å². The molecule has 0 heterocycles. The number of amides is 2. The molecule has 0 aliphatic heterocycles. The molecule has 3 aromatic carbocycles. The third kappa shape index (κ3) is 7.16. The molecule has 0 atom stereocenters. The standard InChI is InChI=1S/C26H28N2O4/c1-28(2)25(29)16-11-20-7-6-8-22(19-20)27-26(30)21-12-14-24(15-13-21)32-18-17-31-23-9-4-3-5-10-23/h3-10,12-15,19H,11,16-18H2,1-2H3,(H,27,30). The summed E-state index contributed by atoms with van der Waals surface area (Å²) in [6.07, 6.45) is 1.06. The van der Waals surface area contributed by atoms with Crippen LogP contribution in [0.2, 0.25) is 0 Å². The van der Waals surface area contributed by atoms with Gasteiger partial charge in [-0.05, 0) is 60.5 Å². The number of rotatable bonds is 10. The van der Waals surface area contributed by atoms with Gasteiger partial charge in [0, 0.05) is 31.8 Å². The summed E-state index contributed by atoms with van der Waals surface area (Å²) in [4.78, 5) is 25.9. The molecule has 0 spiro atoms. The highest BCUT2D eigenvalue weighted by molar-refractivity contribution is 6.04. The fourth-order valence-electron chi connectivity index (χ4n) is 3.02. The van der Waals surface area contributed by atoms with E-state index >= 15 is 0 Å². The first-order valence-corrected chi connectivity index (χ1v) is 10.5. The predicted octanol–water partition coefficient (Wildman–Crippen LogP) is 4.42. The van der Waals surface area contributed by atoms with Gasteiger partial charge < -0.3 is 19.7 Å². The van der Waals surface area contributed by atoms with Crippen LogP contribution in [0.25, 0.3) is 0 Å². The number of anilines is 1. The second-order valence-corrected chi connectivity index (χ2v) is 7.48. The molecule has 2 amide bonds. The average Bonchev–Trinajstić information content (AvgIpc) is 2.81. The Hall–Kier alpha value is -3.80. The smallest absolute Gasteiger partial charge is 0.255 e. The van der Waals surface area contributed by atoms with Crippen LogP contribution in [0, 0.1) is 0 Å². The SMILES string of the molecule is CN(C)C(=O)CCc1cccc(NC(=O)c2ccc(OCCOc3ccccc3)cc2)c1. The van der Waals surface area contributed by atoms with Gasteiger partial charge in [-0.1, -0.05) is 30.3 Å². The number of nitrogens with one attached hydrogen (secondary N) is 1. The highest BCUT2D eigenvalue weighted by Gasteiger charge is 2.08. The second-order valence-electron chi connectivity index (χ2n) is 7.48. The molecule has 6 heteroatoms. The lowest BCUT2D eigenvalue weighted by atomic mass is 10.1. The van der Waals surface area contributed by atoms with E-state index in [1.54, 1.807) is 43.3 Å². The van der Waals surface area contributed by atoms with E-state index in [4.69, 9.17) is 9.47 Å². The van der Waals surface area contributed by atoms with E-state index in [1.165, 1.54) is 0 Å². The van der Waals surface area contributed by atoms with E-state index in [2.05, 4.69) is 5.32 Å². The van der Waals surface area contributed by atoms with Crippen molar-refractivity contribution in [1.29, 1.82) is 0 Å². The quantitative estimate of drug-likeness (QED) is 0.482. The van der Waals surface area contributed by atoms with Crippen molar-refractivity contribution in [3.8, 4) is 11.5 Å². The summed E-state index contributed by atoms with van der Waals surface area (Å²) in [5, 5.41) is 2.90. The summed E-state index contributed by atoms with van der Waals surface area (Å²) in [7, 11) is 3.49. The molecule has 0 saturated heterocycles. The van der Waals surface area contributed by atoms with Crippen LogP contribution >= 0.6 is 0 Å². The minimum absolute atomic E-state index is 0.0772. The maximum absolute atomic E-state index is 12.6. The molecular formula is C26H28N2O4. The van der Waals surface area contributed by atoms with Crippen LogP contribution < -0.4 is 14.8 Å². The van der Waals surface area contributed by atoms with Gasteiger partial charge in [-0.3, -0.25) is 9.59 Å². The van der Waals surface area contributed by atoms with Crippen molar-refractivity contribution in [2.75, 3.05) is 32.6 Å². The molecule has 0 fully saturated rings. The molecule has 3 aromatic rings. The van der Waals surface area contributed by atoms with E-state index in [9.17, 15) is 9.59 Å². The van der Waals surface area contributed by atoms with Crippen LogP contribution in [0.5, 0.6) is 11.5 Å². The first-order chi connectivity index (χ1) is 15.5. The number of ether oxygens (including phenoxy) is 2. The molecule has 166 valence electrons. The molecule has 0 aliphatic rings.